The molecule has 1 aromatic heterocycles. The van der Waals surface area contributed by atoms with Gasteiger partial charge in [0.05, 0.1) is 7.11 Å². The summed E-state index contributed by atoms with van der Waals surface area (Å²) in [7, 11) is 3.26. The topological polar surface area (TPSA) is 81.9 Å². The van der Waals surface area contributed by atoms with Gasteiger partial charge in [-0.25, -0.2) is 4.68 Å². The van der Waals surface area contributed by atoms with E-state index in [1.165, 1.54) is 7.11 Å². The van der Waals surface area contributed by atoms with E-state index in [1.807, 2.05) is 20.9 Å². The van der Waals surface area contributed by atoms with E-state index in [1.54, 1.807) is 16.4 Å². The van der Waals surface area contributed by atoms with Crippen LogP contribution in [0.4, 0.5) is 0 Å². The third kappa shape index (κ3) is 3.12. The lowest BCUT2D eigenvalue weighted by molar-refractivity contribution is -0.148. The molecular weight excluding hydrogens is 278 g/mol. The standard InChI is InChI=1S/C12H21N5O2S/c1-8(2)13-12(10(18)19-4)6-5-9(7-12)20-11-14-15-16-17(11)3/h8-9,13H,5-7H2,1-4H3. The van der Waals surface area contributed by atoms with Crippen molar-refractivity contribution in [2.75, 3.05) is 7.11 Å². The summed E-state index contributed by atoms with van der Waals surface area (Å²) in [6.45, 7) is 4.08. The number of carbonyl (C=O) groups is 1. The number of aromatic nitrogens is 4. The van der Waals surface area contributed by atoms with E-state index < -0.39 is 5.54 Å². The summed E-state index contributed by atoms with van der Waals surface area (Å²) in [6.07, 6.45) is 2.45. The molecule has 2 rings (SSSR count). The summed E-state index contributed by atoms with van der Waals surface area (Å²) in [4.78, 5) is 12.1. The number of hydrogen-bond acceptors (Lipinski definition) is 7. The summed E-state index contributed by atoms with van der Waals surface area (Å²) in [5, 5.41) is 15.9. The quantitative estimate of drug-likeness (QED) is 0.804. The molecule has 0 amide bonds. The molecule has 0 aliphatic heterocycles. The number of esters is 1. The summed E-state index contributed by atoms with van der Waals surface area (Å²) in [5.41, 5.74) is -0.577. The molecule has 0 aromatic carbocycles. The van der Waals surface area contributed by atoms with Crippen LogP contribution in [0.3, 0.4) is 0 Å². The van der Waals surface area contributed by atoms with Crippen molar-refractivity contribution in [1.82, 2.24) is 25.5 Å². The van der Waals surface area contributed by atoms with Gasteiger partial charge >= 0.3 is 5.97 Å². The molecule has 1 aliphatic carbocycles. The third-order valence-corrected chi connectivity index (χ3v) is 4.76. The average molecular weight is 299 g/mol. The fraction of sp³-hybridized carbons (Fsp3) is 0.833. The molecule has 0 spiro atoms. The van der Waals surface area contributed by atoms with Gasteiger partial charge in [0.15, 0.2) is 0 Å². The normalized spacial score (nSPS) is 26.1. The van der Waals surface area contributed by atoms with Gasteiger partial charge in [-0.2, -0.15) is 0 Å². The summed E-state index contributed by atoms with van der Waals surface area (Å²) in [6, 6.07) is 0.231. The van der Waals surface area contributed by atoms with Crippen LogP contribution in [0.25, 0.3) is 0 Å². The van der Waals surface area contributed by atoms with E-state index in [0.29, 0.717) is 5.25 Å². The Hall–Kier alpha value is -1.15. The lowest BCUT2D eigenvalue weighted by Gasteiger charge is -2.30. The Morgan fingerprint density at radius 3 is 2.90 bits per heavy atom. The molecule has 1 saturated carbocycles. The van der Waals surface area contributed by atoms with Crippen LogP contribution in [0.5, 0.6) is 0 Å². The van der Waals surface area contributed by atoms with Crippen molar-refractivity contribution >= 4 is 17.7 Å². The zero-order chi connectivity index (χ0) is 14.8. The number of nitrogens with one attached hydrogen (secondary N) is 1. The Morgan fingerprint density at radius 1 is 1.60 bits per heavy atom. The number of aryl methyl sites for hydroxylation is 1. The molecule has 1 aliphatic rings. The molecule has 0 radical (unpaired) electrons. The predicted molar refractivity (Wildman–Crippen MR) is 75.3 cm³/mol. The van der Waals surface area contributed by atoms with Crippen molar-refractivity contribution in [1.29, 1.82) is 0 Å². The lowest BCUT2D eigenvalue weighted by Crippen LogP contribution is -2.53. The van der Waals surface area contributed by atoms with Crippen molar-refractivity contribution < 1.29 is 9.53 Å². The number of nitrogens with zero attached hydrogens (tertiary/aromatic N) is 4. The lowest BCUT2D eigenvalue weighted by atomic mass is 9.97. The summed E-state index contributed by atoms with van der Waals surface area (Å²) in [5.74, 6) is -0.176. The van der Waals surface area contributed by atoms with E-state index >= 15 is 0 Å². The maximum atomic E-state index is 12.1. The first-order chi connectivity index (χ1) is 9.47. The molecule has 1 aromatic rings. The van der Waals surface area contributed by atoms with Crippen molar-refractivity contribution in [3.63, 3.8) is 0 Å². The van der Waals surface area contributed by atoms with Gasteiger partial charge in [-0.1, -0.05) is 11.8 Å². The van der Waals surface area contributed by atoms with Crippen molar-refractivity contribution in [3.8, 4) is 0 Å². The molecule has 1 heterocycles. The zero-order valence-electron chi connectivity index (χ0n) is 12.3. The SMILES string of the molecule is COC(=O)C1(NC(C)C)CCC(Sc2nnnn2C)C1. The number of carbonyl (C=O) groups excluding carboxylic acids is 1. The fourth-order valence-electron chi connectivity index (χ4n) is 2.69. The molecule has 1 N–H and O–H groups in total. The van der Waals surface area contributed by atoms with E-state index in [0.717, 1.165) is 24.4 Å². The van der Waals surface area contributed by atoms with Gasteiger partial charge in [-0.15, -0.1) is 5.10 Å². The van der Waals surface area contributed by atoms with Gasteiger partial charge in [-0.3, -0.25) is 10.1 Å². The minimum atomic E-state index is -0.577. The first-order valence-corrected chi connectivity index (χ1v) is 7.60. The number of thioether (sulfide) groups is 1. The highest BCUT2D eigenvalue weighted by molar-refractivity contribution is 7.99. The largest absolute Gasteiger partial charge is 0.468 e. The minimum Gasteiger partial charge on any atom is -0.468 e. The highest BCUT2D eigenvalue weighted by Gasteiger charge is 2.47. The smallest absolute Gasteiger partial charge is 0.326 e. The van der Waals surface area contributed by atoms with Gasteiger partial charge in [0.2, 0.25) is 5.16 Å². The number of methoxy groups -OCH3 is 1. The Balaban J connectivity index is 2.07. The highest BCUT2D eigenvalue weighted by Crippen LogP contribution is 2.40. The Labute approximate surface area is 122 Å². The summed E-state index contributed by atoms with van der Waals surface area (Å²) < 4.78 is 6.64. The van der Waals surface area contributed by atoms with Crippen LogP contribution in [0, 0.1) is 0 Å². The number of rotatable bonds is 5. The fourth-order valence-corrected chi connectivity index (χ4v) is 3.87. The molecule has 20 heavy (non-hydrogen) atoms. The predicted octanol–water partition coefficient (Wildman–Crippen LogP) is 0.764. The Morgan fingerprint density at radius 2 is 2.35 bits per heavy atom. The van der Waals surface area contributed by atoms with Crippen LogP contribution in [0.15, 0.2) is 5.16 Å². The van der Waals surface area contributed by atoms with E-state index in [4.69, 9.17) is 4.74 Å². The highest BCUT2D eigenvalue weighted by atomic mass is 32.2. The molecule has 0 bridgehead atoms. The first-order valence-electron chi connectivity index (χ1n) is 6.72. The number of hydrogen-bond donors (Lipinski definition) is 1. The molecule has 8 heteroatoms. The van der Waals surface area contributed by atoms with Crippen LogP contribution in [0.2, 0.25) is 0 Å². The second kappa shape index (κ2) is 6.09. The van der Waals surface area contributed by atoms with Crippen LogP contribution in [0.1, 0.15) is 33.1 Å². The van der Waals surface area contributed by atoms with Crippen molar-refractivity contribution in [3.05, 3.63) is 0 Å². The summed E-state index contributed by atoms with van der Waals surface area (Å²) >= 11 is 1.62. The second-order valence-electron chi connectivity index (χ2n) is 5.44. The van der Waals surface area contributed by atoms with Crippen LogP contribution in [-0.4, -0.2) is 50.1 Å². The van der Waals surface area contributed by atoms with Crippen LogP contribution < -0.4 is 5.32 Å². The second-order valence-corrected chi connectivity index (χ2v) is 6.71. The van der Waals surface area contributed by atoms with E-state index in [9.17, 15) is 4.79 Å². The monoisotopic (exact) mass is 299 g/mol. The number of ether oxygens (including phenoxy) is 1. The minimum absolute atomic E-state index is 0.176. The third-order valence-electron chi connectivity index (χ3n) is 3.46. The molecule has 7 nitrogen and oxygen atoms in total. The molecule has 2 atom stereocenters. The first kappa shape index (κ1) is 15.2. The van der Waals surface area contributed by atoms with Crippen LogP contribution in [-0.2, 0) is 16.6 Å². The number of tetrazole rings is 1. The van der Waals surface area contributed by atoms with Gasteiger partial charge in [0.25, 0.3) is 0 Å². The molecule has 112 valence electrons. The maximum absolute atomic E-state index is 12.1. The molecule has 0 saturated heterocycles. The van der Waals surface area contributed by atoms with Crippen molar-refractivity contribution in [2.24, 2.45) is 7.05 Å². The Kier molecular flexibility index (Phi) is 4.64. The van der Waals surface area contributed by atoms with E-state index in [-0.39, 0.29) is 12.0 Å². The van der Waals surface area contributed by atoms with Gasteiger partial charge in [0.1, 0.15) is 5.54 Å². The van der Waals surface area contributed by atoms with Crippen molar-refractivity contribution in [2.45, 2.75) is 55.1 Å². The zero-order valence-corrected chi connectivity index (χ0v) is 13.1. The molecule has 2 unspecified atom stereocenters. The molecular formula is C12H21N5O2S. The van der Waals surface area contributed by atoms with Gasteiger partial charge in [0, 0.05) is 18.3 Å². The van der Waals surface area contributed by atoms with Crippen LogP contribution >= 0.6 is 11.8 Å². The Bertz CT molecular complexity index is 478. The van der Waals surface area contributed by atoms with E-state index in [2.05, 4.69) is 20.8 Å². The van der Waals surface area contributed by atoms with Gasteiger partial charge in [-0.05, 0) is 43.5 Å². The maximum Gasteiger partial charge on any atom is 0.326 e. The van der Waals surface area contributed by atoms with Gasteiger partial charge < -0.3 is 4.74 Å². The molecule has 1 fully saturated rings. The average Bonchev–Trinajstić information content (AvgIpc) is 2.97.